The molecule has 1 N–H and O–H groups in total. The largest absolute Gasteiger partial charge is 0.326 e. The van der Waals surface area contributed by atoms with Gasteiger partial charge in [0.15, 0.2) is 0 Å². The Morgan fingerprint density at radius 2 is 1.58 bits per heavy atom. The van der Waals surface area contributed by atoms with E-state index < -0.39 is 0 Å². The van der Waals surface area contributed by atoms with Crippen molar-refractivity contribution in [2.24, 2.45) is 0 Å². The van der Waals surface area contributed by atoms with Crippen molar-refractivity contribution in [2.75, 3.05) is 5.32 Å². The van der Waals surface area contributed by atoms with Crippen molar-refractivity contribution in [3.63, 3.8) is 0 Å². The van der Waals surface area contributed by atoms with Gasteiger partial charge in [0.2, 0.25) is 5.91 Å². The third-order valence-electron chi connectivity index (χ3n) is 3.96. The smallest absolute Gasteiger partial charge is 0.221 e. The lowest BCUT2D eigenvalue weighted by Crippen LogP contribution is -2.10. The molecule has 0 bridgehead atoms. The quantitative estimate of drug-likeness (QED) is 0.792. The number of hydrogen-bond donors (Lipinski definition) is 1. The van der Waals surface area contributed by atoms with Gasteiger partial charge in [0.25, 0.3) is 0 Å². The van der Waals surface area contributed by atoms with Crippen LogP contribution in [0.5, 0.6) is 0 Å². The second kappa shape index (κ2) is 7.32. The monoisotopic (exact) mass is 259 g/mol. The van der Waals surface area contributed by atoms with E-state index in [1.165, 1.54) is 56.1 Å². The molecule has 0 fully saturated rings. The summed E-state index contributed by atoms with van der Waals surface area (Å²) in [6.45, 7) is 1.59. The van der Waals surface area contributed by atoms with E-state index in [1.807, 2.05) is 6.07 Å². The highest BCUT2D eigenvalue weighted by Crippen LogP contribution is 2.25. The molecule has 2 rings (SSSR count). The zero-order valence-corrected chi connectivity index (χ0v) is 12.0. The lowest BCUT2D eigenvalue weighted by molar-refractivity contribution is -0.114. The van der Waals surface area contributed by atoms with Crippen LogP contribution in [-0.4, -0.2) is 5.91 Å². The molecule has 1 aliphatic rings. The number of aryl methyl sites for hydroxylation is 1. The fourth-order valence-electron chi connectivity index (χ4n) is 2.97. The third-order valence-corrected chi connectivity index (χ3v) is 3.96. The summed E-state index contributed by atoms with van der Waals surface area (Å²) >= 11 is 0. The second-order valence-electron chi connectivity index (χ2n) is 5.60. The number of anilines is 1. The van der Waals surface area contributed by atoms with Gasteiger partial charge in [-0.3, -0.25) is 4.79 Å². The van der Waals surface area contributed by atoms with Crippen LogP contribution in [0, 0.1) is 0 Å². The van der Waals surface area contributed by atoms with Crippen LogP contribution < -0.4 is 5.32 Å². The van der Waals surface area contributed by atoms with Gasteiger partial charge in [0.05, 0.1) is 0 Å². The Bertz CT molecular complexity index is 425. The Morgan fingerprint density at radius 1 is 0.947 bits per heavy atom. The van der Waals surface area contributed by atoms with E-state index in [0.717, 1.165) is 18.5 Å². The summed E-state index contributed by atoms with van der Waals surface area (Å²) < 4.78 is 0. The van der Waals surface area contributed by atoms with Gasteiger partial charge in [-0.15, -0.1) is 0 Å². The molecule has 1 aliphatic carbocycles. The first kappa shape index (κ1) is 14.1. The Morgan fingerprint density at radius 3 is 2.26 bits per heavy atom. The van der Waals surface area contributed by atoms with Crippen molar-refractivity contribution in [3.8, 4) is 0 Å². The average molecular weight is 259 g/mol. The molecule has 0 unspecified atom stereocenters. The SMILES string of the molecule is CC(=O)Nc1cccc2c1CCCCCCCCC2. The first-order valence-electron chi connectivity index (χ1n) is 7.66. The fraction of sp³-hybridized carbons (Fsp3) is 0.588. The molecular formula is C17H25NO. The number of benzene rings is 1. The van der Waals surface area contributed by atoms with Crippen LogP contribution in [0.4, 0.5) is 5.69 Å². The lowest BCUT2D eigenvalue weighted by atomic mass is 9.96. The average Bonchev–Trinajstić information content (AvgIpc) is 2.42. The normalized spacial score (nSPS) is 17.1. The van der Waals surface area contributed by atoms with Crippen molar-refractivity contribution in [1.82, 2.24) is 0 Å². The van der Waals surface area contributed by atoms with Crippen LogP contribution in [0.15, 0.2) is 18.2 Å². The summed E-state index contributed by atoms with van der Waals surface area (Å²) in [6.07, 6.45) is 11.5. The summed E-state index contributed by atoms with van der Waals surface area (Å²) in [4.78, 5) is 11.3. The summed E-state index contributed by atoms with van der Waals surface area (Å²) in [7, 11) is 0. The second-order valence-corrected chi connectivity index (χ2v) is 5.60. The number of carbonyl (C=O) groups excluding carboxylic acids is 1. The molecule has 0 saturated carbocycles. The van der Waals surface area contributed by atoms with Gasteiger partial charge in [-0.25, -0.2) is 0 Å². The van der Waals surface area contributed by atoms with E-state index in [0.29, 0.717) is 0 Å². The summed E-state index contributed by atoms with van der Waals surface area (Å²) in [5.41, 5.74) is 3.84. The fourth-order valence-corrected chi connectivity index (χ4v) is 2.97. The maximum Gasteiger partial charge on any atom is 0.221 e. The Labute approximate surface area is 116 Å². The summed E-state index contributed by atoms with van der Waals surface area (Å²) in [6, 6.07) is 6.35. The van der Waals surface area contributed by atoms with Gasteiger partial charge in [-0.05, 0) is 42.9 Å². The molecule has 0 spiro atoms. The van der Waals surface area contributed by atoms with E-state index in [4.69, 9.17) is 0 Å². The molecule has 19 heavy (non-hydrogen) atoms. The first-order valence-corrected chi connectivity index (χ1v) is 7.66. The van der Waals surface area contributed by atoms with E-state index in [1.54, 1.807) is 6.92 Å². The van der Waals surface area contributed by atoms with E-state index in [2.05, 4.69) is 17.4 Å². The molecule has 0 heterocycles. The van der Waals surface area contributed by atoms with E-state index >= 15 is 0 Å². The Hall–Kier alpha value is -1.31. The molecule has 0 saturated heterocycles. The van der Waals surface area contributed by atoms with Crippen LogP contribution >= 0.6 is 0 Å². The third kappa shape index (κ3) is 4.38. The first-order chi connectivity index (χ1) is 9.27. The number of fused-ring (bicyclic) bond motifs is 1. The Kier molecular flexibility index (Phi) is 5.44. The highest BCUT2D eigenvalue weighted by Gasteiger charge is 2.10. The van der Waals surface area contributed by atoms with Crippen molar-refractivity contribution in [2.45, 2.75) is 64.7 Å². The standard InChI is InChI=1S/C17H25NO/c1-14(19)18-17-13-9-11-15-10-7-5-3-2-4-6-8-12-16(15)17/h9,11,13H,2-8,10,12H2,1H3,(H,18,19). The molecular weight excluding hydrogens is 234 g/mol. The van der Waals surface area contributed by atoms with Crippen LogP contribution in [-0.2, 0) is 17.6 Å². The van der Waals surface area contributed by atoms with Crippen LogP contribution in [0.1, 0.15) is 63.0 Å². The van der Waals surface area contributed by atoms with Gasteiger partial charge in [-0.2, -0.15) is 0 Å². The molecule has 0 aromatic heterocycles. The molecule has 2 heteroatoms. The maximum atomic E-state index is 11.3. The molecule has 1 aromatic rings. The summed E-state index contributed by atoms with van der Waals surface area (Å²) in [5.74, 6) is 0.0303. The number of hydrogen-bond acceptors (Lipinski definition) is 1. The van der Waals surface area contributed by atoms with Crippen LogP contribution in [0.25, 0.3) is 0 Å². The van der Waals surface area contributed by atoms with E-state index in [-0.39, 0.29) is 5.91 Å². The van der Waals surface area contributed by atoms with Crippen LogP contribution in [0.2, 0.25) is 0 Å². The molecule has 2 nitrogen and oxygen atoms in total. The zero-order valence-electron chi connectivity index (χ0n) is 12.0. The molecule has 0 aliphatic heterocycles. The Balaban J connectivity index is 2.20. The minimum atomic E-state index is 0.0303. The molecule has 1 aromatic carbocycles. The number of nitrogens with one attached hydrogen (secondary N) is 1. The van der Waals surface area contributed by atoms with Gasteiger partial charge in [0.1, 0.15) is 0 Å². The summed E-state index contributed by atoms with van der Waals surface area (Å²) in [5, 5.41) is 2.99. The van der Waals surface area contributed by atoms with Crippen molar-refractivity contribution in [3.05, 3.63) is 29.3 Å². The van der Waals surface area contributed by atoms with Crippen molar-refractivity contribution >= 4 is 11.6 Å². The number of rotatable bonds is 1. The molecule has 1 amide bonds. The highest BCUT2D eigenvalue weighted by atomic mass is 16.1. The molecule has 0 atom stereocenters. The molecule has 104 valence electrons. The van der Waals surface area contributed by atoms with E-state index in [9.17, 15) is 4.79 Å². The van der Waals surface area contributed by atoms with Gasteiger partial charge in [-0.1, -0.05) is 44.2 Å². The topological polar surface area (TPSA) is 29.1 Å². The zero-order chi connectivity index (χ0) is 13.5. The minimum Gasteiger partial charge on any atom is -0.326 e. The highest BCUT2D eigenvalue weighted by molar-refractivity contribution is 5.89. The lowest BCUT2D eigenvalue weighted by Gasteiger charge is -2.15. The minimum absolute atomic E-state index is 0.0303. The van der Waals surface area contributed by atoms with Gasteiger partial charge < -0.3 is 5.32 Å². The van der Waals surface area contributed by atoms with Crippen LogP contribution in [0.3, 0.4) is 0 Å². The van der Waals surface area contributed by atoms with Crippen molar-refractivity contribution < 1.29 is 4.79 Å². The van der Waals surface area contributed by atoms with Gasteiger partial charge in [0, 0.05) is 12.6 Å². The number of carbonyl (C=O) groups is 1. The van der Waals surface area contributed by atoms with Crippen molar-refractivity contribution in [1.29, 1.82) is 0 Å². The predicted molar refractivity (Wildman–Crippen MR) is 80.5 cm³/mol. The predicted octanol–water partition coefficient (Wildman–Crippen LogP) is 4.47. The molecule has 0 radical (unpaired) electrons. The van der Waals surface area contributed by atoms with Gasteiger partial charge >= 0.3 is 0 Å². The number of amides is 1. The maximum absolute atomic E-state index is 11.3.